The number of hydrogen-bond donors (Lipinski definition) is 1. The predicted molar refractivity (Wildman–Crippen MR) is 128 cm³/mol. The van der Waals surface area contributed by atoms with Gasteiger partial charge in [-0.3, -0.25) is 19.3 Å². The van der Waals surface area contributed by atoms with Crippen molar-refractivity contribution in [2.45, 2.75) is 13.0 Å². The number of carbonyl (C=O) groups is 2. The number of pyridine rings is 1. The summed E-state index contributed by atoms with van der Waals surface area (Å²) in [6.45, 7) is 4.29. The van der Waals surface area contributed by atoms with Crippen LogP contribution in [0.2, 0.25) is 0 Å². The van der Waals surface area contributed by atoms with Crippen molar-refractivity contribution in [3.05, 3.63) is 53.3 Å². The Hall–Kier alpha value is -4.05. The van der Waals surface area contributed by atoms with E-state index in [1.807, 2.05) is 29.6 Å². The Morgan fingerprint density at radius 3 is 2.88 bits per heavy atom. The molecule has 1 aromatic carbocycles. The highest BCUT2D eigenvalue weighted by Gasteiger charge is 2.33. The third-order valence-electron chi connectivity index (χ3n) is 6.36. The van der Waals surface area contributed by atoms with Gasteiger partial charge in [-0.1, -0.05) is 0 Å². The van der Waals surface area contributed by atoms with Gasteiger partial charge < -0.3 is 19.9 Å². The summed E-state index contributed by atoms with van der Waals surface area (Å²) in [4.78, 5) is 37.8. The highest BCUT2D eigenvalue weighted by molar-refractivity contribution is 6.19. The van der Waals surface area contributed by atoms with Crippen molar-refractivity contribution >= 4 is 35.3 Å². The number of carbonyl (C=O) groups excluding carboxylic acids is 2. The zero-order valence-electron chi connectivity index (χ0n) is 18.9. The molecule has 0 saturated carbocycles. The summed E-state index contributed by atoms with van der Waals surface area (Å²) >= 11 is 0. The van der Waals surface area contributed by atoms with Crippen molar-refractivity contribution in [1.29, 1.82) is 0 Å². The highest BCUT2D eigenvalue weighted by atomic mass is 16.5. The third kappa shape index (κ3) is 3.34. The van der Waals surface area contributed by atoms with Crippen molar-refractivity contribution in [3.63, 3.8) is 0 Å². The van der Waals surface area contributed by atoms with Crippen LogP contribution in [0.3, 0.4) is 0 Å². The number of aldehydes is 1. The summed E-state index contributed by atoms with van der Waals surface area (Å²) in [5, 5.41) is 7.66. The molecule has 3 aromatic rings. The maximum atomic E-state index is 13.3. The van der Waals surface area contributed by atoms with Gasteiger partial charge in [-0.05, 0) is 37.3 Å². The SMILES string of the molecule is Cc1cc2cc(n1)-c1cnn(C)c1N1CC(C1)OCCN1C(=NC2=O)Nc2ccc(C=O)cc21. The van der Waals surface area contributed by atoms with Crippen LogP contribution in [0.5, 0.6) is 0 Å². The maximum Gasteiger partial charge on any atom is 0.280 e. The van der Waals surface area contributed by atoms with Gasteiger partial charge in [-0.2, -0.15) is 10.1 Å². The van der Waals surface area contributed by atoms with Gasteiger partial charge in [0, 0.05) is 43.5 Å². The molecule has 0 unspecified atom stereocenters. The molecule has 10 heteroatoms. The number of anilines is 3. The van der Waals surface area contributed by atoms with Crippen LogP contribution >= 0.6 is 0 Å². The van der Waals surface area contributed by atoms with E-state index in [1.165, 1.54) is 0 Å². The first kappa shape index (κ1) is 20.5. The van der Waals surface area contributed by atoms with Gasteiger partial charge in [0.05, 0.1) is 41.5 Å². The van der Waals surface area contributed by atoms with Crippen molar-refractivity contribution in [3.8, 4) is 11.3 Å². The predicted octanol–water partition coefficient (Wildman–Crippen LogP) is 2.25. The molecule has 6 heterocycles. The summed E-state index contributed by atoms with van der Waals surface area (Å²) < 4.78 is 7.95. The molecule has 2 aromatic heterocycles. The van der Waals surface area contributed by atoms with E-state index >= 15 is 0 Å². The summed E-state index contributed by atoms with van der Waals surface area (Å²) in [7, 11) is 1.90. The van der Waals surface area contributed by atoms with Gasteiger partial charge in [0.25, 0.3) is 5.91 Å². The number of rotatable bonds is 1. The normalized spacial score (nSPS) is 17.5. The van der Waals surface area contributed by atoms with E-state index in [0.29, 0.717) is 35.9 Å². The van der Waals surface area contributed by atoms with Crippen molar-refractivity contribution in [1.82, 2.24) is 14.8 Å². The molecule has 172 valence electrons. The van der Waals surface area contributed by atoms with Crippen LogP contribution < -0.4 is 15.1 Å². The molecule has 1 fully saturated rings. The standard InChI is InChI=1S/C24H23N7O3/c1-14-7-16-9-20(26-14)18-10-25-29(2)23(18)30-11-17(12-30)34-6-5-31-21-8-15(13-32)3-4-19(21)27-24(31)28-22(16)33/h3-4,7-10,13,17H,5-6,11-12H2,1-2H3,(H,27,28,33). The first-order chi connectivity index (χ1) is 16.5. The van der Waals surface area contributed by atoms with Crippen LogP contribution in [-0.4, -0.2) is 65.3 Å². The van der Waals surface area contributed by atoms with E-state index in [-0.39, 0.29) is 12.0 Å². The molecule has 4 aliphatic rings. The van der Waals surface area contributed by atoms with Crippen molar-refractivity contribution in [2.24, 2.45) is 12.0 Å². The first-order valence-corrected chi connectivity index (χ1v) is 11.1. The second kappa shape index (κ2) is 7.77. The molecular weight excluding hydrogens is 434 g/mol. The Labute approximate surface area is 195 Å². The average Bonchev–Trinajstić information content (AvgIpc) is 3.33. The zero-order chi connectivity index (χ0) is 23.4. The van der Waals surface area contributed by atoms with Gasteiger partial charge in [0.15, 0.2) is 0 Å². The number of guanidine groups is 1. The summed E-state index contributed by atoms with van der Waals surface area (Å²) in [5.74, 6) is 0.985. The van der Waals surface area contributed by atoms with E-state index in [1.54, 1.807) is 30.5 Å². The number of aliphatic imine (C=N–C) groups is 1. The number of ether oxygens (including phenoxy) is 1. The maximum absolute atomic E-state index is 13.3. The quantitative estimate of drug-likeness (QED) is 0.555. The summed E-state index contributed by atoms with van der Waals surface area (Å²) in [5.41, 5.74) is 4.87. The lowest BCUT2D eigenvalue weighted by Gasteiger charge is -2.41. The van der Waals surface area contributed by atoms with E-state index in [9.17, 15) is 9.59 Å². The fraction of sp³-hybridized carbons (Fsp3) is 0.292. The number of amides is 1. The Bertz CT molecular complexity index is 1360. The minimum absolute atomic E-state index is 0.0901. The lowest BCUT2D eigenvalue weighted by molar-refractivity contribution is 0.0390. The number of aryl methyl sites for hydroxylation is 2. The van der Waals surface area contributed by atoms with Crippen LogP contribution in [0.25, 0.3) is 11.3 Å². The largest absolute Gasteiger partial charge is 0.373 e. The van der Waals surface area contributed by atoms with Crippen LogP contribution in [0.1, 0.15) is 26.4 Å². The third-order valence-corrected chi connectivity index (χ3v) is 6.36. The summed E-state index contributed by atoms with van der Waals surface area (Å²) in [6, 6.07) is 8.85. The monoisotopic (exact) mass is 457 g/mol. The lowest BCUT2D eigenvalue weighted by Crippen LogP contribution is -2.53. The molecule has 1 saturated heterocycles. The van der Waals surface area contributed by atoms with Crippen molar-refractivity contribution < 1.29 is 14.3 Å². The molecule has 0 aliphatic carbocycles. The number of fused-ring (bicyclic) bond motifs is 4. The highest BCUT2D eigenvalue weighted by Crippen LogP contribution is 2.35. The van der Waals surface area contributed by atoms with Crippen LogP contribution in [-0.2, 0) is 11.8 Å². The Balaban J connectivity index is 1.45. The second-order valence-electron chi connectivity index (χ2n) is 8.70. The molecule has 10 nitrogen and oxygen atoms in total. The van der Waals surface area contributed by atoms with Crippen molar-refractivity contribution in [2.75, 3.05) is 41.4 Å². The van der Waals surface area contributed by atoms with E-state index in [2.05, 4.69) is 25.3 Å². The van der Waals surface area contributed by atoms with Gasteiger partial charge in [0.1, 0.15) is 12.1 Å². The Kier molecular flexibility index (Phi) is 4.70. The van der Waals surface area contributed by atoms with Gasteiger partial charge in [-0.15, -0.1) is 0 Å². The van der Waals surface area contributed by atoms with Crippen LogP contribution in [0, 0.1) is 6.92 Å². The minimum Gasteiger partial charge on any atom is -0.373 e. The number of benzene rings is 1. The molecule has 7 rings (SSSR count). The Morgan fingerprint density at radius 1 is 1.21 bits per heavy atom. The van der Waals surface area contributed by atoms with Gasteiger partial charge in [0.2, 0.25) is 5.96 Å². The molecule has 0 spiro atoms. The topological polar surface area (TPSA) is 105 Å². The molecule has 0 atom stereocenters. The molecule has 34 heavy (non-hydrogen) atoms. The smallest absolute Gasteiger partial charge is 0.280 e. The molecule has 1 N–H and O–H groups in total. The fourth-order valence-corrected chi connectivity index (χ4v) is 4.67. The van der Waals surface area contributed by atoms with E-state index in [0.717, 1.165) is 47.8 Å². The fourth-order valence-electron chi connectivity index (χ4n) is 4.67. The van der Waals surface area contributed by atoms with E-state index < -0.39 is 0 Å². The zero-order valence-corrected chi connectivity index (χ0v) is 18.9. The van der Waals surface area contributed by atoms with E-state index in [4.69, 9.17) is 4.74 Å². The number of nitrogens with zero attached hydrogens (tertiary/aromatic N) is 6. The molecule has 4 bridgehead atoms. The number of nitrogens with one attached hydrogen (secondary N) is 1. The second-order valence-corrected chi connectivity index (χ2v) is 8.70. The molecule has 1 amide bonds. The van der Waals surface area contributed by atoms with Crippen LogP contribution in [0.15, 0.2) is 41.5 Å². The Morgan fingerprint density at radius 2 is 2.06 bits per heavy atom. The van der Waals surface area contributed by atoms with Gasteiger partial charge in [-0.25, -0.2) is 0 Å². The number of aromatic nitrogens is 3. The molecule has 0 radical (unpaired) electrons. The summed E-state index contributed by atoms with van der Waals surface area (Å²) in [6.07, 6.45) is 2.68. The van der Waals surface area contributed by atoms with Crippen LogP contribution in [0.4, 0.5) is 17.2 Å². The average molecular weight is 457 g/mol. The lowest BCUT2D eigenvalue weighted by atomic mass is 10.1. The first-order valence-electron chi connectivity index (χ1n) is 11.1. The van der Waals surface area contributed by atoms with Gasteiger partial charge >= 0.3 is 0 Å². The molecule has 4 aliphatic heterocycles. The number of hydrogen-bond acceptors (Lipinski definition) is 8. The molecular formula is C24H23N7O3. The minimum atomic E-state index is -0.381.